The van der Waals surface area contributed by atoms with Crippen molar-refractivity contribution in [3.63, 3.8) is 0 Å². The molecule has 13 heteroatoms. The van der Waals surface area contributed by atoms with Crippen LogP contribution in [0.3, 0.4) is 0 Å². The van der Waals surface area contributed by atoms with Gasteiger partial charge in [0.15, 0.2) is 6.29 Å². The van der Waals surface area contributed by atoms with Crippen molar-refractivity contribution in [3.8, 4) is 0 Å². The number of unbranched alkanes of at least 4 members (excludes halogenated alkanes) is 27. The van der Waals surface area contributed by atoms with Gasteiger partial charge in [0, 0.05) is 13.0 Å². The molecule has 0 aromatic heterocycles. The van der Waals surface area contributed by atoms with Gasteiger partial charge in [-0.1, -0.05) is 199 Å². The van der Waals surface area contributed by atoms with Crippen molar-refractivity contribution in [2.75, 3.05) is 26.4 Å². The van der Waals surface area contributed by atoms with Crippen molar-refractivity contribution >= 4 is 16.4 Å². The van der Waals surface area contributed by atoms with Crippen molar-refractivity contribution in [2.24, 2.45) is 0 Å². The minimum atomic E-state index is -5.06. The summed E-state index contributed by atoms with van der Waals surface area (Å²) in [5, 5.41) is 30.7. The van der Waals surface area contributed by atoms with Gasteiger partial charge in [-0.05, 0) is 38.5 Å². The Bertz CT molecular complexity index is 1180. The van der Waals surface area contributed by atoms with Crippen LogP contribution in [-0.2, 0) is 38.3 Å². The van der Waals surface area contributed by atoms with Crippen LogP contribution in [0.2, 0.25) is 0 Å². The molecule has 1 aliphatic heterocycles. The predicted octanol–water partition coefficient (Wildman–Crippen LogP) is 11.2. The third kappa shape index (κ3) is 34.0. The minimum absolute atomic E-state index is 0.0344. The Kier molecular flexibility index (Phi) is 38.8. The van der Waals surface area contributed by atoms with Crippen LogP contribution < -0.4 is 0 Å². The van der Waals surface area contributed by atoms with Gasteiger partial charge in [-0.2, -0.15) is 8.42 Å². The van der Waals surface area contributed by atoms with Crippen LogP contribution in [0.5, 0.6) is 0 Å². The van der Waals surface area contributed by atoms with E-state index in [9.17, 15) is 33.1 Å². The third-order valence-electron chi connectivity index (χ3n) is 11.6. The molecular formula is C49H92O12S. The number of aliphatic hydroxyl groups is 3. The Hall–Kier alpha value is -1.42. The average molecular weight is 905 g/mol. The van der Waals surface area contributed by atoms with E-state index in [0.29, 0.717) is 13.0 Å². The van der Waals surface area contributed by atoms with Gasteiger partial charge in [-0.15, -0.1) is 0 Å². The zero-order valence-corrected chi connectivity index (χ0v) is 40.0. The van der Waals surface area contributed by atoms with Crippen LogP contribution in [-0.4, -0.2) is 97.5 Å². The third-order valence-corrected chi connectivity index (χ3v) is 12.0. The zero-order chi connectivity index (χ0) is 45.4. The molecule has 1 fully saturated rings. The van der Waals surface area contributed by atoms with Crippen LogP contribution >= 0.6 is 0 Å². The number of esters is 1. The molecule has 0 aromatic carbocycles. The van der Waals surface area contributed by atoms with E-state index < -0.39 is 59.8 Å². The first-order valence-corrected chi connectivity index (χ1v) is 26.5. The van der Waals surface area contributed by atoms with Gasteiger partial charge >= 0.3 is 16.4 Å². The summed E-state index contributed by atoms with van der Waals surface area (Å²) in [6, 6.07) is 0. The summed E-state index contributed by atoms with van der Waals surface area (Å²) in [5.74, 6) is -0.410. The fraction of sp³-hybridized carbons (Fsp3) is 0.898. The molecular weight excluding hydrogens is 813 g/mol. The number of aliphatic hydroxyl groups excluding tert-OH is 3. The topological polar surface area (TPSA) is 178 Å². The fourth-order valence-electron chi connectivity index (χ4n) is 7.77. The summed E-state index contributed by atoms with van der Waals surface area (Å²) < 4.78 is 59.1. The first kappa shape index (κ1) is 58.6. The Morgan fingerprint density at radius 1 is 0.613 bits per heavy atom. The first-order chi connectivity index (χ1) is 30.1. The Balaban J connectivity index is 2.33. The number of rotatable bonds is 44. The lowest BCUT2D eigenvalue weighted by molar-refractivity contribution is -0.301. The monoisotopic (exact) mass is 905 g/mol. The van der Waals surface area contributed by atoms with Crippen LogP contribution in [0.15, 0.2) is 24.3 Å². The van der Waals surface area contributed by atoms with Crippen molar-refractivity contribution in [1.82, 2.24) is 0 Å². The molecule has 0 radical (unpaired) electrons. The summed E-state index contributed by atoms with van der Waals surface area (Å²) in [7, 11) is -5.06. The van der Waals surface area contributed by atoms with E-state index >= 15 is 0 Å². The standard InChI is InChI=1S/C49H92O12S/c1-3-5-7-9-11-13-15-17-18-19-20-21-22-23-24-25-27-29-31-33-35-37-39-57-41-43(42-58-49-47(53)48(61-62(54,55)56)46(52)44(40-50)60-49)59-45(51)38-36-34-32-30-28-26-16-14-12-10-8-6-4-2/h8,10,14,16,43-44,46-50,52-53H,3-7,9,11-13,15,17-42H2,1-2H3,(H,54,55,56)/b10-8-,16-14-. The van der Waals surface area contributed by atoms with Crippen LogP contribution in [0.1, 0.15) is 219 Å². The minimum Gasteiger partial charge on any atom is -0.457 e. The molecule has 6 unspecified atom stereocenters. The maximum atomic E-state index is 12.8. The number of allylic oxidation sites excluding steroid dienone is 4. The summed E-state index contributed by atoms with van der Waals surface area (Å²) >= 11 is 0. The molecule has 0 saturated carbocycles. The molecule has 366 valence electrons. The molecule has 6 atom stereocenters. The van der Waals surface area contributed by atoms with E-state index in [1.54, 1.807) is 0 Å². The second-order valence-corrected chi connectivity index (χ2v) is 18.5. The second-order valence-electron chi connectivity index (χ2n) is 17.4. The van der Waals surface area contributed by atoms with Gasteiger partial charge in [-0.25, -0.2) is 4.18 Å². The number of carbonyl (C=O) groups excluding carboxylic acids is 1. The molecule has 0 bridgehead atoms. The van der Waals surface area contributed by atoms with Gasteiger partial charge in [0.1, 0.15) is 30.5 Å². The first-order valence-electron chi connectivity index (χ1n) is 25.1. The Labute approximate surface area is 378 Å². The van der Waals surface area contributed by atoms with Crippen molar-refractivity contribution < 1.29 is 56.2 Å². The predicted molar refractivity (Wildman–Crippen MR) is 248 cm³/mol. The number of hydrogen-bond acceptors (Lipinski definition) is 11. The molecule has 62 heavy (non-hydrogen) atoms. The summed E-state index contributed by atoms with van der Waals surface area (Å²) in [4.78, 5) is 12.8. The number of carbonyl (C=O) groups is 1. The molecule has 4 N–H and O–H groups in total. The van der Waals surface area contributed by atoms with Gasteiger partial charge < -0.3 is 34.3 Å². The normalized spacial score (nSPS) is 20.1. The molecule has 0 aromatic rings. The molecule has 1 rings (SSSR count). The maximum Gasteiger partial charge on any atom is 0.397 e. The molecule has 0 amide bonds. The lowest BCUT2D eigenvalue weighted by Gasteiger charge is -2.41. The lowest BCUT2D eigenvalue weighted by Crippen LogP contribution is -2.60. The second kappa shape index (κ2) is 41.0. The van der Waals surface area contributed by atoms with Gasteiger partial charge in [-0.3, -0.25) is 9.35 Å². The fourth-order valence-corrected chi connectivity index (χ4v) is 8.28. The molecule has 0 spiro atoms. The molecule has 1 saturated heterocycles. The number of hydrogen-bond donors (Lipinski definition) is 4. The van der Waals surface area contributed by atoms with Gasteiger partial charge in [0.25, 0.3) is 0 Å². The summed E-state index contributed by atoms with van der Waals surface area (Å²) in [5.41, 5.74) is 0. The molecule has 1 heterocycles. The zero-order valence-electron chi connectivity index (χ0n) is 39.2. The van der Waals surface area contributed by atoms with Gasteiger partial charge in [0.05, 0.1) is 19.8 Å². The lowest BCUT2D eigenvalue weighted by atomic mass is 9.99. The SMILES string of the molecule is CCC/C=C\C/C=C\CCCCCCCC(=O)OC(COCCCCCCCCCCCCCCCCCCCCCCCC)COC1OC(CO)C(O)C(OS(=O)(=O)O)C1O. The maximum absolute atomic E-state index is 12.8. The largest absolute Gasteiger partial charge is 0.457 e. The van der Waals surface area contributed by atoms with Crippen molar-refractivity contribution in [2.45, 2.75) is 256 Å². The Morgan fingerprint density at radius 3 is 1.60 bits per heavy atom. The van der Waals surface area contributed by atoms with Gasteiger partial charge in [0.2, 0.25) is 0 Å². The van der Waals surface area contributed by atoms with Crippen LogP contribution in [0.25, 0.3) is 0 Å². The highest BCUT2D eigenvalue weighted by atomic mass is 32.3. The van der Waals surface area contributed by atoms with Crippen LogP contribution in [0, 0.1) is 0 Å². The highest BCUT2D eigenvalue weighted by molar-refractivity contribution is 7.80. The van der Waals surface area contributed by atoms with E-state index in [2.05, 4.69) is 42.3 Å². The van der Waals surface area contributed by atoms with E-state index in [1.165, 1.54) is 128 Å². The van der Waals surface area contributed by atoms with Crippen molar-refractivity contribution in [1.29, 1.82) is 0 Å². The van der Waals surface area contributed by atoms with E-state index in [-0.39, 0.29) is 19.6 Å². The van der Waals surface area contributed by atoms with E-state index in [4.69, 9.17) is 18.9 Å². The highest BCUT2D eigenvalue weighted by Gasteiger charge is 2.48. The summed E-state index contributed by atoms with van der Waals surface area (Å²) in [6.07, 6.45) is 37.9. The Morgan fingerprint density at radius 2 is 1.10 bits per heavy atom. The smallest absolute Gasteiger partial charge is 0.397 e. The average Bonchev–Trinajstić information content (AvgIpc) is 3.24. The molecule has 0 aliphatic carbocycles. The van der Waals surface area contributed by atoms with Crippen molar-refractivity contribution in [3.05, 3.63) is 24.3 Å². The van der Waals surface area contributed by atoms with E-state index in [0.717, 1.165) is 64.2 Å². The quantitative estimate of drug-likeness (QED) is 0.0197. The molecule has 12 nitrogen and oxygen atoms in total. The number of ether oxygens (including phenoxy) is 4. The van der Waals surface area contributed by atoms with Crippen LogP contribution in [0.4, 0.5) is 0 Å². The van der Waals surface area contributed by atoms with E-state index in [1.807, 2.05) is 0 Å². The highest BCUT2D eigenvalue weighted by Crippen LogP contribution is 2.26. The molecule has 1 aliphatic rings. The summed E-state index contributed by atoms with van der Waals surface area (Å²) in [6.45, 7) is 3.94.